The predicted octanol–water partition coefficient (Wildman–Crippen LogP) is 4.16. The van der Waals surface area contributed by atoms with Crippen molar-refractivity contribution in [1.29, 1.82) is 0 Å². The van der Waals surface area contributed by atoms with Crippen LogP contribution in [0.25, 0.3) is 0 Å². The van der Waals surface area contributed by atoms with Crippen LogP contribution in [0, 0.1) is 12.7 Å². The molecule has 132 valence electrons. The van der Waals surface area contributed by atoms with Crippen LogP contribution in [-0.2, 0) is 6.54 Å². The van der Waals surface area contributed by atoms with E-state index in [1.54, 1.807) is 36.5 Å². The van der Waals surface area contributed by atoms with Gasteiger partial charge >= 0.3 is 6.03 Å². The summed E-state index contributed by atoms with van der Waals surface area (Å²) in [5.74, 6) is -0.367. The standard InChI is InChI=1S/C19H23FN4O/c1-14-12-16(8-9-21-14)22-19(25)23-17-7-5-6-15(18(17)20)13-24-10-3-2-4-11-24/h5-9,12H,2-4,10-11,13H2,1H3,(H2,21,22,23,25). The van der Waals surface area contributed by atoms with E-state index in [0.29, 0.717) is 17.8 Å². The molecule has 0 spiro atoms. The van der Waals surface area contributed by atoms with Gasteiger partial charge in [-0.25, -0.2) is 9.18 Å². The van der Waals surface area contributed by atoms with Gasteiger partial charge in [0.05, 0.1) is 5.69 Å². The highest BCUT2D eigenvalue weighted by atomic mass is 19.1. The molecule has 1 aromatic carbocycles. The van der Waals surface area contributed by atoms with Gasteiger partial charge < -0.3 is 10.6 Å². The van der Waals surface area contributed by atoms with E-state index in [4.69, 9.17) is 0 Å². The van der Waals surface area contributed by atoms with Gasteiger partial charge in [0.1, 0.15) is 0 Å². The van der Waals surface area contributed by atoms with Gasteiger partial charge in [0.2, 0.25) is 0 Å². The van der Waals surface area contributed by atoms with Crippen molar-refractivity contribution < 1.29 is 9.18 Å². The summed E-state index contributed by atoms with van der Waals surface area (Å²) < 4.78 is 14.7. The van der Waals surface area contributed by atoms with Crippen molar-refractivity contribution in [3.05, 3.63) is 53.6 Å². The Kier molecular flexibility index (Phi) is 5.60. The number of halogens is 1. The summed E-state index contributed by atoms with van der Waals surface area (Å²) in [6, 6.07) is 8.10. The maximum Gasteiger partial charge on any atom is 0.323 e. The van der Waals surface area contributed by atoms with Crippen LogP contribution in [0.4, 0.5) is 20.6 Å². The number of carbonyl (C=O) groups excluding carboxylic acids is 1. The second kappa shape index (κ2) is 8.07. The zero-order valence-corrected chi connectivity index (χ0v) is 14.4. The van der Waals surface area contributed by atoms with Crippen LogP contribution in [0.3, 0.4) is 0 Å². The minimum atomic E-state index is -0.473. The molecular formula is C19H23FN4O. The van der Waals surface area contributed by atoms with Gasteiger partial charge in [-0.05, 0) is 51.1 Å². The molecule has 1 aliphatic rings. The highest BCUT2D eigenvalue weighted by Crippen LogP contribution is 2.21. The fourth-order valence-electron chi connectivity index (χ4n) is 3.06. The van der Waals surface area contributed by atoms with Gasteiger partial charge in [-0.2, -0.15) is 0 Å². The zero-order valence-electron chi connectivity index (χ0n) is 14.4. The van der Waals surface area contributed by atoms with E-state index in [2.05, 4.69) is 20.5 Å². The third-order valence-corrected chi connectivity index (χ3v) is 4.32. The second-order valence-electron chi connectivity index (χ2n) is 6.38. The molecule has 0 saturated carbocycles. The molecule has 2 heterocycles. The summed E-state index contributed by atoms with van der Waals surface area (Å²) in [6.45, 7) is 4.41. The van der Waals surface area contributed by atoms with Crippen LogP contribution in [0.1, 0.15) is 30.5 Å². The number of piperidine rings is 1. The quantitative estimate of drug-likeness (QED) is 0.877. The molecule has 3 rings (SSSR count). The van der Waals surface area contributed by atoms with Crippen molar-refractivity contribution >= 4 is 17.4 Å². The van der Waals surface area contributed by atoms with E-state index < -0.39 is 6.03 Å². The Hall–Kier alpha value is -2.47. The van der Waals surface area contributed by atoms with E-state index >= 15 is 0 Å². The fourth-order valence-corrected chi connectivity index (χ4v) is 3.06. The minimum Gasteiger partial charge on any atom is -0.308 e. The number of urea groups is 1. The summed E-state index contributed by atoms with van der Waals surface area (Å²) in [7, 11) is 0. The lowest BCUT2D eigenvalue weighted by Crippen LogP contribution is -2.29. The molecular weight excluding hydrogens is 319 g/mol. The van der Waals surface area contributed by atoms with Crippen molar-refractivity contribution in [2.24, 2.45) is 0 Å². The minimum absolute atomic E-state index is 0.192. The number of hydrogen-bond donors (Lipinski definition) is 2. The van der Waals surface area contributed by atoms with Crippen LogP contribution >= 0.6 is 0 Å². The number of hydrogen-bond acceptors (Lipinski definition) is 3. The Morgan fingerprint density at radius 2 is 2.00 bits per heavy atom. The van der Waals surface area contributed by atoms with Gasteiger partial charge in [-0.15, -0.1) is 0 Å². The Morgan fingerprint density at radius 3 is 2.76 bits per heavy atom. The van der Waals surface area contributed by atoms with Crippen molar-refractivity contribution in [2.45, 2.75) is 32.7 Å². The number of pyridine rings is 1. The highest BCUT2D eigenvalue weighted by molar-refractivity contribution is 5.99. The number of amides is 2. The van der Waals surface area contributed by atoms with Gasteiger partial charge in [0.15, 0.2) is 5.82 Å². The lowest BCUT2D eigenvalue weighted by atomic mass is 10.1. The number of nitrogens with zero attached hydrogens (tertiary/aromatic N) is 2. The molecule has 2 aromatic rings. The van der Waals surface area contributed by atoms with E-state index in [0.717, 1.165) is 31.6 Å². The van der Waals surface area contributed by atoms with Crippen LogP contribution < -0.4 is 10.6 Å². The number of aryl methyl sites for hydroxylation is 1. The summed E-state index contributed by atoms with van der Waals surface area (Å²) in [4.78, 5) is 18.5. The van der Waals surface area contributed by atoms with Crippen LogP contribution in [0.2, 0.25) is 0 Å². The number of benzene rings is 1. The maximum atomic E-state index is 14.7. The van der Waals surface area contributed by atoms with Crippen LogP contribution in [-0.4, -0.2) is 29.0 Å². The van der Waals surface area contributed by atoms with E-state index in [9.17, 15) is 9.18 Å². The highest BCUT2D eigenvalue weighted by Gasteiger charge is 2.15. The zero-order chi connectivity index (χ0) is 17.6. The molecule has 1 aromatic heterocycles. The molecule has 0 aliphatic carbocycles. The fraction of sp³-hybridized carbons (Fsp3) is 0.368. The average molecular weight is 342 g/mol. The molecule has 1 saturated heterocycles. The van der Waals surface area contributed by atoms with Gasteiger partial charge in [-0.3, -0.25) is 9.88 Å². The first kappa shape index (κ1) is 17.4. The smallest absolute Gasteiger partial charge is 0.308 e. The number of rotatable bonds is 4. The van der Waals surface area contributed by atoms with Gasteiger partial charge in [0, 0.05) is 29.7 Å². The molecule has 25 heavy (non-hydrogen) atoms. The van der Waals surface area contributed by atoms with E-state index in [-0.39, 0.29) is 11.5 Å². The Bertz CT molecular complexity index is 744. The summed E-state index contributed by atoms with van der Waals surface area (Å²) in [5.41, 5.74) is 2.22. The lowest BCUT2D eigenvalue weighted by Gasteiger charge is -2.26. The summed E-state index contributed by atoms with van der Waals surface area (Å²) in [6.07, 6.45) is 5.18. The average Bonchev–Trinajstić information content (AvgIpc) is 2.59. The Balaban J connectivity index is 1.65. The van der Waals surface area contributed by atoms with Crippen molar-refractivity contribution in [3.63, 3.8) is 0 Å². The molecule has 0 bridgehead atoms. The lowest BCUT2D eigenvalue weighted by molar-refractivity contribution is 0.218. The van der Waals surface area contributed by atoms with Crippen LogP contribution in [0.5, 0.6) is 0 Å². The van der Waals surface area contributed by atoms with Gasteiger partial charge in [0.25, 0.3) is 0 Å². The third kappa shape index (κ3) is 4.76. The van der Waals surface area contributed by atoms with E-state index in [1.165, 1.54) is 6.42 Å². The predicted molar refractivity (Wildman–Crippen MR) is 97.1 cm³/mol. The normalized spacial score (nSPS) is 15.0. The number of aromatic nitrogens is 1. The number of anilines is 2. The first-order chi connectivity index (χ1) is 12.1. The third-order valence-electron chi connectivity index (χ3n) is 4.32. The molecule has 1 aliphatic heterocycles. The molecule has 0 atom stereocenters. The first-order valence-corrected chi connectivity index (χ1v) is 8.62. The Labute approximate surface area is 147 Å². The van der Waals surface area contributed by atoms with E-state index in [1.807, 2.05) is 6.92 Å². The topological polar surface area (TPSA) is 57.3 Å². The summed E-state index contributed by atoms with van der Waals surface area (Å²) >= 11 is 0. The molecule has 1 fully saturated rings. The molecule has 5 nitrogen and oxygen atoms in total. The number of nitrogens with one attached hydrogen (secondary N) is 2. The van der Waals surface area contributed by atoms with Gasteiger partial charge in [-0.1, -0.05) is 18.6 Å². The number of likely N-dealkylation sites (tertiary alicyclic amines) is 1. The molecule has 2 N–H and O–H groups in total. The molecule has 0 radical (unpaired) electrons. The van der Waals surface area contributed by atoms with Crippen molar-refractivity contribution in [2.75, 3.05) is 23.7 Å². The SMILES string of the molecule is Cc1cc(NC(=O)Nc2cccc(CN3CCCCC3)c2F)ccn1. The molecule has 0 unspecified atom stereocenters. The monoisotopic (exact) mass is 342 g/mol. The molecule has 6 heteroatoms. The summed E-state index contributed by atoms with van der Waals surface area (Å²) in [5, 5.41) is 5.28. The number of carbonyl (C=O) groups is 1. The second-order valence-corrected chi connectivity index (χ2v) is 6.38. The first-order valence-electron chi connectivity index (χ1n) is 8.62. The van der Waals surface area contributed by atoms with Crippen LogP contribution in [0.15, 0.2) is 36.5 Å². The Morgan fingerprint density at radius 1 is 1.20 bits per heavy atom. The maximum absolute atomic E-state index is 14.7. The van der Waals surface area contributed by atoms with Crippen molar-refractivity contribution in [3.8, 4) is 0 Å². The largest absolute Gasteiger partial charge is 0.323 e. The van der Waals surface area contributed by atoms with Crippen molar-refractivity contribution in [1.82, 2.24) is 9.88 Å². The molecule has 2 amide bonds.